The molecule has 0 spiro atoms. The number of hydrogen-bond donors (Lipinski definition) is 7. The topological polar surface area (TPSA) is 166 Å². The van der Waals surface area contributed by atoms with Gasteiger partial charge in [-0.15, -0.1) is 0 Å². The van der Waals surface area contributed by atoms with E-state index in [-0.39, 0.29) is 24.2 Å². The number of nitrogens with two attached hydrogens (primary N) is 1. The Morgan fingerprint density at radius 1 is 0.897 bits per heavy atom. The number of aliphatic hydroxyl groups is 1. The molecule has 0 heterocycles. The second-order valence-electron chi connectivity index (χ2n) is 8.38. The first-order valence-electron chi connectivity index (χ1n) is 11.5. The normalized spacial score (nSPS) is 12.8. The summed E-state index contributed by atoms with van der Waals surface area (Å²) < 4.78 is 39.3. The van der Waals surface area contributed by atoms with E-state index >= 15 is 0 Å². The third-order valence-corrected chi connectivity index (χ3v) is 5.59. The van der Waals surface area contributed by atoms with Crippen molar-refractivity contribution >= 4 is 23.4 Å². The zero-order valence-electron chi connectivity index (χ0n) is 20.3. The van der Waals surface area contributed by atoms with Gasteiger partial charge >= 0.3 is 6.18 Å². The largest absolute Gasteiger partial charge is 0.416 e. The Bertz CT molecular complexity index is 1300. The summed E-state index contributed by atoms with van der Waals surface area (Å²) in [7, 11) is 0. The zero-order valence-corrected chi connectivity index (χ0v) is 20.3. The lowest BCUT2D eigenvalue weighted by Crippen LogP contribution is -2.55. The number of aliphatic hydroxyl groups excluding tert-OH is 1. The lowest BCUT2D eigenvalue weighted by molar-refractivity contribution is -0.138. The summed E-state index contributed by atoms with van der Waals surface area (Å²) >= 11 is 0. The maximum atomic E-state index is 13.1. The maximum absolute atomic E-state index is 13.1. The second kappa shape index (κ2) is 13.0. The Labute approximate surface area is 221 Å². The summed E-state index contributed by atoms with van der Waals surface area (Å²) in [6.07, 6.45) is -6.22. The molecular weight excluding hydrogens is 519 g/mol. The number of nitrogens with one attached hydrogen (secondary N) is 4. The van der Waals surface area contributed by atoms with Gasteiger partial charge in [-0.2, -0.15) is 13.2 Å². The van der Waals surface area contributed by atoms with E-state index in [2.05, 4.69) is 16.0 Å². The minimum absolute atomic E-state index is 0.0399. The van der Waals surface area contributed by atoms with Crippen LogP contribution in [0.2, 0.25) is 0 Å². The van der Waals surface area contributed by atoms with Crippen molar-refractivity contribution in [2.75, 3.05) is 11.9 Å². The van der Waals surface area contributed by atoms with Crippen LogP contribution in [0.15, 0.2) is 72.8 Å². The smallest absolute Gasteiger partial charge is 0.376 e. The second-order valence-corrected chi connectivity index (χ2v) is 8.38. The maximum Gasteiger partial charge on any atom is 0.416 e. The van der Waals surface area contributed by atoms with Crippen molar-refractivity contribution in [3.8, 4) is 11.1 Å². The Hall–Kier alpha value is -4.30. The molecule has 0 radical (unpaired) electrons. The number of hydrogen-bond acceptors (Lipinski definition) is 7. The van der Waals surface area contributed by atoms with Crippen LogP contribution in [0.5, 0.6) is 0 Å². The van der Waals surface area contributed by atoms with Gasteiger partial charge in [-0.1, -0.05) is 42.5 Å². The summed E-state index contributed by atoms with van der Waals surface area (Å²) in [6.45, 7) is -0.322. The molecule has 8 N–H and O–H groups in total. The molecule has 0 bridgehead atoms. The Balaban J connectivity index is 1.54. The number of hydroxylamine groups is 1. The van der Waals surface area contributed by atoms with E-state index in [0.29, 0.717) is 5.69 Å². The van der Waals surface area contributed by atoms with Crippen LogP contribution < -0.4 is 27.2 Å². The number of benzene rings is 3. The Kier molecular flexibility index (Phi) is 9.73. The van der Waals surface area contributed by atoms with Gasteiger partial charge in [0.2, 0.25) is 5.91 Å². The van der Waals surface area contributed by atoms with Crippen molar-refractivity contribution in [1.29, 1.82) is 0 Å². The number of anilines is 1. The summed E-state index contributed by atoms with van der Waals surface area (Å²) in [5, 5.41) is 25.7. The Morgan fingerprint density at radius 3 is 2.05 bits per heavy atom. The van der Waals surface area contributed by atoms with E-state index in [4.69, 9.17) is 10.9 Å². The molecule has 0 aliphatic carbocycles. The molecule has 3 aromatic rings. The standard InChI is InChI=1S/C26H26F3N5O5/c27-26(28,29)20-4-2-1-3-18(20)13-31-14-21(35)32-19-11-9-16(10-12-19)15-5-7-17(8-6-15)24(37)33-22(23(30)36)25(38)34-39/h1-12,22-23,31,36,39H,13-14,30H2,(H,32,35)(H,33,37)(H,34,38)/t22-,23-/m0/s1. The van der Waals surface area contributed by atoms with Crippen LogP contribution in [-0.2, 0) is 22.3 Å². The minimum Gasteiger partial charge on any atom is -0.376 e. The summed E-state index contributed by atoms with van der Waals surface area (Å²) in [4.78, 5) is 36.1. The molecule has 0 unspecified atom stereocenters. The van der Waals surface area contributed by atoms with Gasteiger partial charge in [0, 0.05) is 17.8 Å². The molecule has 0 aliphatic heterocycles. The van der Waals surface area contributed by atoms with Crippen LogP contribution in [0, 0.1) is 0 Å². The molecule has 0 fully saturated rings. The van der Waals surface area contributed by atoms with Gasteiger partial charge in [0.25, 0.3) is 11.8 Å². The van der Waals surface area contributed by atoms with Crippen LogP contribution in [0.4, 0.5) is 18.9 Å². The van der Waals surface area contributed by atoms with Crippen LogP contribution in [-0.4, -0.2) is 46.8 Å². The molecule has 0 saturated carbocycles. The van der Waals surface area contributed by atoms with Gasteiger partial charge in [0.15, 0.2) is 0 Å². The van der Waals surface area contributed by atoms with Crippen LogP contribution >= 0.6 is 0 Å². The predicted molar refractivity (Wildman–Crippen MR) is 135 cm³/mol. The number of carbonyl (C=O) groups excluding carboxylic acids is 3. The quantitative estimate of drug-likeness (QED) is 0.116. The molecule has 0 aliphatic rings. The van der Waals surface area contributed by atoms with E-state index in [1.54, 1.807) is 36.4 Å². The molecule has 13 heteroatoms. The van der Waals surface area contributed by atoms with Crippen molar-refractivity contribution in [3.63, 3.8) is 0 Å². The van der Waals surface area contributed by atoms with E-state index < -0.39 is 41.7 Å². The lowest BCUT2D eigenvalue weighted by atomic mass is 10.0. The number of halogens is 3. The van der Waals surface area contributed by atoms with E-state index in [9.17, 15) is 32.7 Å². The molecular formula is C26H26F3N5O5. The summed E-state index contributed by atoms with van der Waals surface area (Å²) in [5.74, 6) is -2.21. The average molecular weight is 546 g/mol. The molecule has 206 valence electrons. The minimum atomic E-state index is -4.48. The highest BCUT2D eigenvalue weighted by Gasteiger charge is 2.32. The van der Waals surface area contributed by atoms with Crippen LogP contribution in [0.1, 0.15) is 21.5 Å². The number of rotatable bonds is 10. The highest BCUT2D eigenvalue weighted by atomic mass is 19.4. The van der Waals surface area contributed by atoms with Crippen molar-refractivity contribution < 1.29 is 37.9 Å². The van der Waals surface area contributed by atoms with E-state index in [1.165, 1.54) is 35.8 Å². The van der Waals surface area contributed by atoms with Gasteiger partial charge in [0.05, 0.1) is 12.1 Å². The number of alkyl halides is 3. The molecule has 0 aromatic heterocycles. The summed E-state index contributed by atoms with van der Waals surface area (Å²) in [5.41, 5.74) is 7.99. The molecule has 10 nitrogen and oxygen atoms in total. The number of amides is 3. The van der Waals surface area contributed by atoms with Gasteiger partial charge < -0.3 is 26.8 Å². The Morgan fingerprint density at radius 2 is 1.49 bits per heavy atom. The molecule has 2 atom stereocenters. The third kappa shape index (κ3) is 8.09. The SMILES string of the molecule is N[C@@H](O)[C@H](NC(=O)c1ccc(-c2ccc(NC(=O)CNCc3ccccc3C(F)(F)F)cc2)cc1)C(=O)NO. The summed E-state index contributed by atoms with van der Waals surface area (Å²) in [6, 6.07) is 16.6. The van der Waals surface area contributed by atoms with Gasteiger partial charge in [-0.25, -0.2) is 5.48 Å². The fourth-order valence-corrected chi connectivity index (χ4v) is 3.63. The van der Waals surface area contributed by atoms with Gasteiger partial charge in [-0.3, -0.25) is 19.6 Å². The molecule has 3 rings (SSSR count). The highest BCUT2D eigenvalue weighted by Crippen LogP contribution is 2.31. The van der Waals surface area contributed by atoms with Crippen molar-refractivity contribution in [3.05, 3.63) is 89.5 Å². The first kappa shape index (κ1) is 29.3. The first-order chi connectivity index (χ1) is 18.5. The predicted octanol–water partition coefficient (Wildman–Crippen LogP) is 1.98. The molecule has 0 saturated heterocycles. The fourth-order valence-electron chi connectivity index (χ4n) is 3.63. The monoisotopic (exact) mass is 545 g/mol. The van der Waals surface area contributed by atoms with Crippen LogP contribution in [0.3, 0.4) is 0 Å². The zero-order chi connectivity index (χ0) is 28.6. The van der Waals surface area contributed by atoms with Crippen LogP contribution in [0.25, 0.3) is 11.1 Å². The highest BCUT2D eigenvalue weighted by molar-refractivity contribution is 5.98. The third-order valence-electron chi connectivity index (χ3n) is 5.59. The van der Waals surface area contributed by atoms with Crippen molar-refractivity contribution in [1.82, 2.24) is 16.1 Å². The van der Waals surface area contributed by atoms with Gasteiger partial charge in [-0.05, 0) is 47.0 Å². The lowest BCUT2D eigenvalue weighted by Gasteiger charge is -2.19. The fraction of sp³-hybridized carbons (Fsp3) is 0.192. The average Bonchev–Trinajstić information content (AvgIpc) is 2.91. The van der Waals surface area contributed by atoms with Crippen molar-refractivity contribution in [2.24, 2.45) is 5.73 Å². The first-order valence-corrected chi connectivity index (χ1v) is 11.5. The van der Waals surface area contributed by atoms with E-state index in [0.717, 1.165) is 17.2 Å². The van der Waals surface area contributed by atoms with Gasteiger partial charge in [0.1, 0.15) is 12.3 Å². The number of carbonyl (C=O) groups is 3. The van der Waals surface area contributed by atoms with Crippen molar-refractivity contribution in [2.45, 2.75) is 25.0 Å². The molecule has 3 amide bonds. The molecule has 39 heavy (non-hydrogen) atoms. The van der Waals surface area contributed by atoms with E-state index in [1.807, 2.05) is 0 Å². The molecule has 3 aromatic carbocycles.